The van der Waals surface area contributed by atoms with Gasteiger partial charge in [0.15, 0.2) is 0 Å². The number of hydrogen-bond donors (Lipinski definition) is 1. The second kappa shape index (κ2) is 6.99. The van der Waals surface area contributed by atoms with Gasteiger partial charge in [-0.2, -0.15) is 57.1 Å². The van der Waals surface area contributed by atoms with Crippen molar-refractivity contribution in [3.05, 3.63) is 0 Å². The average molecular weight is 492 g/mol. The largest absolute Gasteiger partial charge is 0.462 e. The van der Waals surface area contributed by atoms with Gasteiger partial charge in [0.05, 0.1) is 5.92 Å². The number of aliphatic hydroxyl groups is 1. The van der Waals surface area contributed by atoms with Crippen LogP contribution in [0.15, 0.2) is 0 Å². The Morgan fingerprint density at radius 2 is 1.32 bits per heavy atom. The first kappa shape index (κ1) is 27.5. The lowest BCUT2D eigenvalue weighted by Crippen LogP contribution is -2.90. The molecular weight excluding hydrogens is 479 g/mol. The zero-order valence-electron chi connectivity index (χ0n) is 15.4. The summed E-state index contributed by atoms with van der Waals surface area (Å²) in [4.78, 5) is 11.7. The predicted molar refractivity (Wildman–Crippen MR) is 70.8 cm³/mol. The van der Waals surface area contributed by atoms with E-state index in [0.717, 1.165) is 6.92 Å². The molecule has 1 fully saturated rings. The molecule has 0 radical (unpaired) electrons. The summed E-state index contributed by atoms with van der Waals surface area (Å²) in [5.74, 6) is -25.5. The minimum atomic E-state index is -7.52. The molecule has 0 aromatic carbocycles. The molecule has 4 unspecified atom stereocenters. The van der Waals surface area contributed by atoms with Crippen LogP contribution in [-0.4, -0.2) is 58.4 Å². The normalized spacial score (nSPS) is 34.9. The molecule has 1 aliphatic rings. The van der Waals surface area contributed by atoms with Gasteiger partial charge < -0.3 is 14.6 Å². The quantitative estimate of drug-likeness (QED) is 0.457. The van der Waals surface area contributed by atoms with Crippen molar-refractivity contribution in [2.45, 2.75) is 74.6 Å². The van der Waals surface area contributed by atoms with Crippen LogP contribution in [0, 0.1) is 5.92 Å². The molecule has 0 amide bonds. The second-order valence-corrected chi connectivity index (χ2v) is 6.83. The van der Waals surface area contributed by atoms with Crippen molar-refractivity contribution in [3.8, 4) is 0 Å². The lowest BCUT2D eigenvalue weighted by Gasteiger charge is -2.59. The van der Waals surface area contributed by atoms with E-state index in [-0.39, 0.29) is 0 Å². The lowest BCUT2D eigenvalue weighted by molar-refractivity contribution is -0.575. The van der Waals surface area contributed by atoms with Gasteiger partial charge in [-0.1, -0.05) is 13.8 Å². The van der Waals surface area contributed by atoms with Crippen molar-refractivity contribution in [1.29, 1.82) is 0 Å². The fourth-order valence-corrected chi connectivity index (χ4v) is 2.58. The molecule has 0 saturated carbocycles. The number of hydrogen-bond acceptors (Lipinski definition) is 4. The van der Waals surface area contributed by atoms with Crippen LogP contribution < -0.4 is 0 Å². The van der Waals surface area contributed by atoms with Gasteiger partial charge in [-0.3, -0.25) is 4.79 Å². The van der Waals surface area contributed by atoms with Crippen LogP contribution in [0.5, 0.6) is 0 Å². The van der Waals surface area contributed by atoms with E-state index in [9.17, 15) is 67.0 Å². The average Bonchev–Trinajstić information content (AvgIpc) is 2.54. The van der Waals surface area contributed by atoms with E-state index in [1.165, 1.54) is 0 Å². The third-order valence-corrected chi connectivity index (χ3v) is 4.85. The Balaban J connectivity index is 4.18. The van der Waals surface area contributed by atoms with Crippen LogP contribution in [-0.2, 0) is 14.3 Å². The molecule has 0 bridgehead atoms. The van der Waals surface area contributed by atoms with Crippen LogP contribution in [0.3, 0.4) is 0 Å². The Morgan fingerprint density at radius 1 is 0.903 bits per heavy atom. The Bertz CT molecular complexity index is 712. The Kier molecular flexibility index (Phi) is 6.20. The van der Waals surface area contributed by atoms with E-state index in [4.69, 9.17) is 0 Å². The van der Waals surface area contributed by atoms with Gasteiger partial charge in [0.25, 0.3) is 5.60 Å². The molecule has 1 heterocycles. The maximum absolute atomic E-state index is 14.6. The van der Waals surface area contributed by atoms with Gasteiger partial charge in [-0.05, 0) is 13.3 Å². The third-order valence-electron chi connectivity index (χ3n) is 4.85. The standard InChI is InChI=1S/C14H13F13O4/c1-4-5(2)6(28)30-11(14(25,26)27)10(17,18)8(29,13(22,23)24)9(15,16)7(3,31-11)12(19,20)21/h5,29H,4H2,1-3H3. The van der Waals surface area contributed by atoms with E-state index in [2.05, 4.69) is 9.47 Å². The maximum atomic E-state index is 14.6. The number of ether oxygens (including phenoxy) is 2. The summed E-state index contributed by atoms with van der Waals surface area (Å²) in [7, 11) is 0. The zero-order valence-corrected chi connectivity index (χ0v) is 15.4. The molecule has 0 aliphatic carbocycles. The maximum Gasteiger partial charge on any atom is 0.462 e. The predicted octanol–water partition coefficient (Wildman–Crippen LogP) is 4.75. The van der Waals surface area contributed by atoms with E-state index in [1.54, 1.807) is 0 Å². The van der Waals surface area contributed by atoms with Crippen LogP contribution in [0.2, 0.25) is 0 Å². The molecule has 4 atom stereocenters. The molecule has 184 valence electrons. The van der Waals surface area contributed by atoms with Crippen LogP contribution in [0.25, 0.3) is 0 Å². The van der Waals surface area contributed by atoms with Gasteiger partial charge >= 0.3 is 42.1 Å². The molecular formula is C14H13F13O4. The molecule has 0 aromatic heterocycles. The number of carbonyl (C=O) groups is 1. The summed E-state index contributed by atoms with van der Waals surface area (Å²) < 4.78 is 184. The van der Waals surface area contributed by atoms with Gasteiger partial charge in [0.1, 0.15) is 0 Å². The highest BCUT2D eigenvalue weighted by Crippen LogP contribution is 2.69. The summed E-state index contributed by atoms with van der Waals surface area (Å²) in [5, 5.41) is 9.27. The summed E-state index contributed by atoms with van der Waals surface area (Å²) in [6.45, 7) is 0.587. The van der Waals surface area contributed by atoms with E-state index < -0.39 is 72.6 Å². The van der Waals surface area contributed by atoms with Gasteiger partial charge in [0.2, 0.25) is 5.60 Å². The number of rotatable bonds is 3. The minimum absolute atomic E-state index is 0.519. The molecule has 1 aliphatic heterocycles. The van der Waals surface area contributed by atoms with Crippen molar-refractivity contribution in [2.75, 3.05) is 0 Å². The minimum Gasteiger partial charge on any atom is -0.418 e. The first-order valence-electron chi connectivity index (χ1n) is 7.93. The lowest BCUT2D eigenvalue weighted by atomic mass is 9.71. The number of halogens is 13. The fraction of sp³-hybridized carbons (Fsp3) is 0.929. The highest BCUT2D eigenvalue weighted by molar-refractivity contribution is 5.72. The Labute approximate surface area is 164 Å². The fourth-order valence-electron chi connectivity index (χ4n) is 2.58. The molecule has 1 rings (SSSR count). The Hall–Kier alpha value is -1.52. The van der Waals surface area contributed by atoms with Gasteiger partial charge in [0, 0.05) is 0 Å². The SMILES string of the molecule is CCC(C)C(=O)OC1(C(F)(F)F)OC(C)(C(F)(F)F)C(F)(F)C(O)(C(F)(F)F)C1(F)F. The van der Waals surface area contributed by atoms with Crippen LogP contribution in [0.4, 0.5) is 57.1 Å². The van der Waals surface area contributed by atoms with E-state index >= 15 is 0 Å². The summed E-state index contributed by atoms with van der Waals surface area (Å²) in [5.41, 5.74) is -13.4. The monoisotopic (exact) mass is 492 g/mol. The molecule has 1 saturated heterocycles. The first-order chi connectivity index (χ1) is 13.3. The van der Waals surface area contributed by atoms with Gasteiger partial charge in [-0.25, -0.2) is 0 Å². The second-order valence-electron chi connectivity index (χ2n) is 6.83. The van der Waals surface area contributed by atoms with Crippen molar-refractivity contribution in [1.82, 2.24) is 0 Å². The highest BCUT2D eigenvalue weighted by Gasteiger charge is 3.01. The summed E-state index contributed by atoms with van der Waals surface area (Å²) in [6, 6.07) is 0. The Morgan fingerprint density at radius 3 is 1.61 bits per heavy atom. The molecule has 0 spiro atoms. The van der Waals surface area contributed by atoms with Gasteiger partial charge in [-0.15, -0.1) is 0 Å². The molecule has 4 nitrogen and oxygen atoms in total. The highest BCUT2D eigenvalue weighted by atomic mass is 19.4. The van der Waals surface area contributed by atoms with E-state index in [1.807, 2.05) is 0 Å². The molecule has 0 aromatic rings. The molecule has 31 heavy (non-hydrogen) atoms. The third kappa shape index (κ3) is 3.24. The van der Waals surface area contributed by atoms with Crippen LogP contribution >= 0.6 is 0 Å². The van der Waals surface area contributed by atoms with Crippen molar-refractivity contribution in [3.63, 3.8) is 0 Å². The molecule has 17 heteroatoms. The number of alkyl halides is 13. The number of carbonyl (C=O) groups excluding carboxylic acids is 1. The zero-order chi connectivity index (χ0) is 25.3. The summed E-state index contributed by atoms with van der Waals surface area (Å²) in [6.07, 6.45) is -22.1. The van der Waals surface area contributed by atoms with E-state index in [0.29, 0.717) is 6.92 Å². The smallest absolute Gasteiger partial charge is 0.418 e. The summed E-state index contributed by atoms with van der Waals surface area (Å²) >= 11 is 0. The van der Waals surface area contributed by atoms with Crippen LogP contribution in [0.1, 0.15) is 27.2 Å². The van der Waals surface area contributed by atoms with Crippen molar-refractivity contribution >= 4 is 5.97 Å². The van der Waals surface area contributed by atoms with Crippen molar-refractivity contribution in [2.24, 2.45) is 5.92 Å². The molecule has 1 N–H and O–H groups in total. The number of esters is 1. The first-order valence-corrected chi connectivity index (χ1v) is 7.93. The van der Waals surface area contributed by atoms with Crippen molar-refractivity contribution < 1.29 is 76.5 Å². The topological polar surface area (TPSA) is 55.8 Å².